The van der Waals surface area contributed by atoms with Gasteiger partial charge in [0.1, 0.15) is 5.76 Å². The third kappa shape index (κ3) is 9.26. The number of likely N-dealkylation sites (N-methyl/N-ethyl adjacent to an activating group) is 1. The van der Waals surface area contributed by atoms with Crippen LogP contribution in [0, 0.1) is 0 Å². The number of hydrogen-bond donors (Lipinski definition) is 1. The predicted octanol–water partition coefficient (Wildman–Crippen LogP) is 6.08. The van der Waals surface area contributed by atoms with Gasteiger partial charge in [0, 0.05) is 62.3 Å². The molecule has 1 saturated heterocycles. The fraction of sp³-hybridized carbons (Fsp3) is 0.485. The van der Waals surface area contributed by atoms with Crippen LogP contribution < -0.4 is 10.2 Å². The molecule has 0 bridgehead atoms. The number of ether oxygens (including phenoxy) is 2. The molecule has 0 aliphatic carbocycles. The number of carbonyl (C=O) groups is 1. The predicted molar refractivity (Wildman–Crippen MR) is 164 cm³/mol. The van der Waals surface area contributed by atoms with Crippen LogP contribution >= 0.6 is 0 Å². The molecule has 39 heavy (non-hydrogen) atoms. The quantitative estimate of drug-likeness (QED) is 0.158. The van der Waals surface area contributed by atoms with Crippen molar-refractivity contribution < 1.29 is 14.3 Å². The number of methoxy groups -OCH3 is 1. The van der Waals surface area contributed by atoms with Crippen LogP contribution in [0.3, 0.4) is 0 Å². The van der Waals surface area contributed by atoms with Gasteiger partial charge in [0.05, 0.1) is 7.11 Å². The Balaban J connectivity index is 2.44. The van der Waals surface area contributed by atoms with Crippen LogP contribution in [0.25, 0.3) is 0 Å². The highest BCUT2D eigenvalue weighted by Gasteiger charge is 2.25. The molecule has 1 heterocycles. The molecular weight excluding hydrogens is 486 g/mol. The number of rotatable bonds is 16. The van der Waals surface area contributed by atoms with Gasteiger partial charge in [0.15, 0.2) is 0 Å². The fourth-order valence-electron chi connectivity index (χ4n) is 5.02. The SMILES string of the molecule is C=CCc1c(C(=O)NCC(C(=C)OC)=C(C=C(C)CC)CN(C)CC=C)cccc1N(CC)C1CCOCC1. The van der Waals surface area contributed by atoms with E-state index in [-0.39, 0.29) is 5.91 Å². The van der Waals surface area contributed by atoms with Crippen LogP contribution in [0.15, 0.2) is 78.6 Å². The van der Waals surface area contributed by atoms with Gasteiger partial charge in [-0.05, 0) is 69.8 Å². The first-order valence-corrected chi connectivity index (χ1v) is 14.1. The molecule has 1 aromatic carbocycles. The maximum Gasteiger partial charge on any atom is 0.251 e. The highest BCUT2D eigenvalue weighted by Crippen LogP contribution is 2.30. The third-order valence-electron chi connectivity index (χ3n) is 7.28. The van der Waals surface area contributed by atoms with Gasteiger partial charge < -0.3 is 19.7 Å². The highest BCUT2D eigenvalue weighted by atomic mass is 16.5. The van der Waals surface area contributed by atoms with E-state index in [0.717, 1.165) is 68.0 Å². The van der Waals surface area contributed by atoms with Gasteiger partial charge in [-0.1, -0.05) is 43.4 Å². The summed E-state index contributed by atoms with van der Waals surface area (Å²) in [5.74, 6) is 0.433. The lowest BCUT2D eigenvalue weighted by Crippen LogP contribution is -2.40. The number of hydrogen-bond acceptors (Lipinski definition) is 5. The molecule has 0 radical (unpaired) electrons. The average molecular weight is 536 g/mol. The Kier molecular flexibility index (Phi) is 13.8. The smallest absolute Gasteiger partial charge is 0.251 e. The van der Waals surface area contributed by atoms with Crippen LogP contribution in [0.2, 0.25) is 0 Å². The van der Waals surface area contributed by atoms with Crippen molar-refractivity contribution in [1.82, 2.24) is 10.2 Å². The summed E-state index contributed by atoms with van der Waals surface area (Å²) in [6.07, 6.45) is 9.46. The van der Waals surface area contributed by atoms with Gasteiger partial charge in [-0.2, -0.15) is 0 Å². The van der Waals surface area contributed by atoms with Crippen molar-refractivity contribution in [3.05, 3.63) is 89.8 Å². The maximum absolute atomic E-state index is 13.7. The van der Waals surface area contributed by atoms with Gasteiger partial charge in [-0.15, -0.1) is 13.2 Å². The number of allylic oxidation sites excluding steroid dienone is 2. The van der Waals surface area contributed by atoms with E-state index in [1.807, 2.05) is 31.3 Å². The van der Waals surface area contributed by atoms with Crippen molar-refractivity contribution >= 4 is 11.6 Å². The second-order valence-electron chi connectivity index (χ2n) is 10.1. The molecule has 6 nitrogen and oxygen atoms in total. The van der Waals surface area contributed by atoms with E-state index in [9.17, 15) is 4.79 Å². The standard InChI is InChI=1S/C33H49N3O3/c1-9-14-29-30(15-13-16-32(29)36(12-4)28-17-20-39-21-18-28)33(37)34-23-31(26(6)38-8)27(22-25(5)11-3)24-35(7)19-10-2/h9-10,13,15-16,22,28H,1-2,6,11-12,14,17-21,23-24H2,3-5,7-8H3,(H,34,37). The zero-order chi connectivity index (χ0) is 28.8. The van der Waals surface area contributed by atoms with Gasteiger partial charge >= 0.3 is 0 Å². The Morgan fingerprint density at radius 2 is 1.92 bits per heavy atom. The number of amides is 1. The van der Waals surface area contributed by atoms with Crippen molar-refractivity contribution in [2.75, 3.05) is 58.5 Å². The Morgan fingerprint density at radius 1 is 1.21 bits per heavy atom. The molecule has 0 unspecified atom stereocenters. The van der Waals surface area contributed by atoms with E-state index in [1.165, 1.54) is 5.57 Å². The number of anilines is 1. The largest absolute Gasteiger partial charge is 0.497 e. The lowest BCUT2D eigenvalue weighted by molar-refractivity contribution is 0.0845. The van der Waals surface area contributed by atoms with E-state index in [1.54, 1.807) is 7.11 Å². The van der Waals surface area contributed by atoms with Crippen LogP contribution in [0.4, 0.5) is 5.69 Å². The first-order chi connectivity index (χ1) is 18.8. The monoisotopic (exact) mass is 535 g/mol. The highest BCUT2D eigenvalue weighted by molar-refractivity contribution is 5.97. The Morgan fingerprint density at radius 3 is 2.51 bits per heavy atom. The second kappa shape index (κ2) is 16.8. The van der Waals surface area contributed by atoms with Crippen LogP contribution in [0.1, 0.15) is 56.0 Å². The minimum Gasteiger partial charge on any atom is -0.497 e. The first kappa shape index (κ1) is 32.1. The van der Waals surface area contributed by atoms with E-state index in [2.05, 4.69) is 67.8 Å². The summed E-state index contributed by atoms with van der Waals surface area (Å²) < 4.78 is 11.2. The number of nitrogens with zero attached hydrogens (tertiary/aromatic N) is 2. The molecule has 0 saturated carbocycles. The summed E-state index contributed by atoms with van der Waals surface area (Å²) in [4.78, 5) is 18.3. The van der Waals surface area contributed by atoms with Crippen LogP contribution in [-0.2, 0) is 15.9 Å². The minimum atomic E-state index is -0.117. The van der Waals surface area contributed by atoms with Gasteiger partial charge in [0.25, 0.3) is 5.91 Å². The van der Waals surface area contributed by atoms with Crippen molar-refractivity contribution in [2.45, 2.75) is 52.5 Å². The molecule has 0 aromatic heterocycles. The fourth-order valence-corrected chi connectivity index (χ4v) is 5.02. The molecule has 1 aliphatic rings. The summed E-state index contributed by atoms with van der Waals surface area (Å²) >= 11 is 0. The number of carbonyl (C=O) groups excluding carboxylic acids is 1. The third-order valence-corrected chi connectivity index (χ3v) is 7.28. The molecule has 1 N–H and O–H groups in total. The Hall–Kier alpha value is -3.09. The van der Waals surface area contributed by atoms with Gasteiger partial charge in [-0.25, -0.2) is 0 Å². The molecule has 0 atom stereocenters. The van der Waals surface area contributed by atoms with E-state index >= 15 is 0 Å². The lowest BCUT2D eigenvalue weighted by atomic mass is 9.97. The molecule has 6 heteroatoms. The van der Waals surface area contributed by atoms with E-state index in [4.69, 9.17) is 9.47 Å². The van der Waals surface area contributed by atoms with Crippen molar-refractivity contribution in [3.8, 4) is 0 Å². The Bertz CT molecular complexity index is 1050. The summed E-state index contributed by atoms with van der Waals surface area (Å²) in [5, 5.41) is 3.18. The molecule has 1 fully saturated rings. The molecule has 1 aliphatic heterocycles. The average Bonchev–Trinajstić information content (AvgIpc) is 2.94. The second-order valence-corrected chi connectivity index (χ2v) is 10.1. The molecule has 214 valence electrons. The lowest BCUT2D eigenvalue weighted by Gasteiger charge is -2.37. The molecule has 1 amide bonds. The maximum atomic E-state index is 13.7. The Labute approximate surface area is 236 Å². The molecule has 1 aromatic rings. The van der Waals surface area contributed by atoms with E-state index in [0.29, 0.717) is 36.9 Å². The zero-order valence-electron chi connectivity index (χ0n) is 24.9. The normalized spacial score (nSPS) is 15.0. The molecule has 0 spiro atoms. The van der Waals surface area contributed by atoms with Crippen LogP contribution in [-0.4, -0.2) is 70.4 Å². The molecular formula is C33H49N3O3. The van der Waals surface area contributed by atoms with E-state index < -0.39 is 0 Å². The zero-order valence-corrected chi connectivity index (χ0v) is 24.9. The summed E-state index contributed by atoms with van der Waals surface area (Å²) in [6.45, 7) is 22.6. The van der Waals surface area contributed by atoms with Crippen LogP contribution in [0.5, 0.6) is 0 Å². The van der Waals surface area contributed by atoms with Gasteiger partial charge in [0.2, 0.25) is 0 Å². The summed E-state index contributed by atoms with van der Waals surface area (Å²) in [7, 11) is 3.67. The summed E-state index contributed by atoms with van der Waals surface area (Å²) in [5.41, 5.74) is 5.98. The minimum absolute atomic E-state index is 0.117. The van der Waals surface area contributed by atoms with Crippen molar-refractivity contribution in [2.24, 2.45) is 0 Å². The number of benzene rings is 1. The first-order valence-electron chi connectivity index (χ1n) is 14.1. The number of nitrogens with one attached hydrogen (secondary N) is 1. The van der Waals surface area contributed by atoms with Gasteiger partial charge in [-0.3, -0.25) is 9.69 Å². The summed E-state index contributed by atoms with van der Waals surface area (Å²) in [6, 6.07) is 6.41. The molecule has 2 rings (SSSR count). The topological polar surface area (TPSA) is 54.0 Å². The van der Waals surface area contributed by atoms with Crippen molar-refractivity contribution in [3.63, 3.8) is 0 Å². The van der Waals surface area contributed by atoms with Crippen molar-refractivity contribution in [1.29, 1.82) is 0 Å².